The van der Waals surface area contributed by atoms with E-state index in [-0.39, 0.29) is 24.0 Å². The number of hydrazone groups is 1. The molecule has 2 bridgehead atoms. The highest BCUT2D eigenvalue weighted by Crippen LogP contribution is 2.64. The molecule has 2 fully saturated rings. The first-order chi connectivity index (χ1) is 10.3. The molecule has 22 heavy (non-hydrogen) atoms. The number of rotatable bonds is 3. The molecule has 0 aromatic rings. The van der Waals surface area contributed by atoms with Crippen LogP contribution in [0.4, 0.5) is 9.59 Å². The van der Waals surface area contributed by atoms with Crippen LogP contribution in [0, 0.1) is 16.7 Å². The standard InChI is InChI=1S/C16H26N2O4/c1-6-21-13(19)18(14(20)22-7-2)17-12-10-11-8-9-16(12,5)15(11,3)4/h11H,6-10H2,1-5H3/b17-12-. The highest BCUT2D eigenvalue weighted by atomic mass is 16.6. The fraction of sp³-hybridized carbons (Fsp3) is 0.812. The third kappa shape index (κ3) is 2.48. The lowest BCUT2D eigenvalue weighted by atomic mass is 9.70. The molecule has 0 aromatic carbocycles. The molecule has 0 aliphatic heterocycles. The Labute approximate surface area is 131 Å². The molecule has 0 spiro atoms. The van der Waals surface area contributed by atoms with E-state index < -0.39 is 12.2 Å². The number of carbonyl (C=O) groups excluding carboxylic acids is 2. The Hall–Kier alpha value is -1.59. The first kappa shape index (κ1) is 16.8. The molecule has 0 heterocycles. The van der Waals surface area contributed by atoms with Gasteiger partial charge in [0.05, 0.1) is 13.2 Å². The van der Waals surface area contributed by atoms with Crippen LogP contribution >= 0.6 is 0 Å². The van der Waals surface area contributed by atoms with Crippen molar-refractivity contribution >= 4 is 17.9 Å². The average molecular weight is 310 g/mol. The molecule has 6 nitrogen and oxygen atoms in total. The number of nitrogens with zero attached hydrogens (tertiary/aromatic N) is 2. The van der Waals surface area contributed by atoms with Gasteiger partial charge in [0.1, 0.15) is 0 Å². The highest BCUT2D eigenvalue weighted by molar-refractivity contribution is 5.97. The summed E-state index contributed by atoms with van der Waals surface area (Å²) in [7, 11) is 0. The van der Waals surface area contributed by atoms with E-state index in [1.165, 1.54) is 6.42 Å². The van der Waals surface area contributed by atoms with Gasteiger partial charge in [-0.2, -0.15) is 5.10 Å². The zero-order valence-electron chi connectivity index (χ0n) is 14.1. The van der Waals surface area contributed by atoms with Crippen molar-refractivity contribution < 1.29 is 19.1 Å². The van der Waals surface area contributed by atoms with E-state index in [4.69, 9.17) is 9.47 Å². The highest BCUT2D eigenvalue weighted by Gasteiger charge is 2.60. The van der Waals surface area contributed by atoms with Gasteiger partial charge in [-0.3, -0.25) is 0 Å². The first-order valence-electron chi connectivity index (χ1n) is 7.99. The van der Waals surface area contributed by atoms with Crippen molar-refractivity contribution in [3.63, 3.8) is 0 Å². The average Bonchev–Trinajstić information content (AvgIpc) is 2.78. The maximum absolute atomic E-state index is 12.0. The molecule has 124 valence electrons. The summed E-state index contributed by atoms with van der Waals surface area (Å²) in [6.45, 7) is 10.4. The number of ether oxygens (including phenoxy) is 2. The molecule has 2 aliphatic carbocycles. The molecule has 2 aliphatic rings. The van der Waals surface area contributed by atoms with E-state index in [0.29, 0.717) is 5.92 Å². The lowest BCUT2D eigenvalue weighted by Gasteiger charge is -2.34. The van der Waals surface area contributed by atoms with E-state index in [2.05, 4.69) is 25.9 Å². The Bertz CT molecular complexity index is 482. The van der Waals surface area contributed by atoms with E-state index in [0.717, 1.165) is 23.6 Å². The minimum absolute atomic E-state index is 0.0884. The number of hydrogen-bond donors (Lipinski definition) is 0. The molecular weight excluding hydrogens is 284 g/mol. The van der Waals surface area contributed by atoms with Crippen LogP contribution < -0.4 is 0 Å². The van der Waals surface area contributed by atoms with Gasteiger partial charge in [0, 0.05) is 11.1 Å². The van der Waals surface area contributed by atoms with Gasteiger partial charge in [0.15, 0.2) is 0 Å². The Balaban J connectivity index is 2.30. The summed E-state index contributed by atoms with van der Waals surface area (Å²) < 4.78 is 9.85. The Kier molecular flexibility index (Phi) is 4.49. The van der Waals surface area contributed by atoms with Crippen molar-refractivity contribution in [2.24, 2.45) is 21.8 Å². The van der Waals surface area contributed by atoms with Gasteiger partial charge in [-0.1, -0.05) is 25.8 Å². The van der Waals surface area contributed by atoms with Crippen LogP contribution in [0.15, 0.2) is 5.10 Å². The molecular formula is C16H26N2O4. The molecule has 0 saturated heterocycles. The second-order valence-electron chi connectivity index (χ2n) is 6.75. The van der Waals surface area contributed by atoms with Crippen LogP contribution in [0.1, 0.15) is 53.9 Å². The quantitative estimate of drug-likeness (QED) is 0.743. The SMILES string of the molecule is CCOC(=O)N(/N=C1/CC2CCC1(C)C2(C)C)C(=O)OCC. The maximum atomic E-state index is 12.0. The predicted molar refractivity (Wildman–Crippen MR) is 82.5 cm³/mol. The molecule has 0 aromatic heterocycles. The van der Waals surface area contributed by atoms with Gasteiger partial charge in [-0.15, -0.1) is 0 Å². The maximum Gasteiger partial charge on any atom is 0.440 e. The molecule has 6 heteroatoms. The van der Waals surface area contributed by atoms with E-state index >= 15 is 0 Å². The molecule has 2 rings (SSSR count). The Morgan fingerprint density at radius 1 is 1.18 bits per heavy atom. The van der Waals surface area contributed by atoms with E-state index in [1.54, 1.807) is 13.8 Å². The minimum atomic E-state index is -0.780. The second-order valence-corrected chi connectivity index (χ2v) is 6.75. The lowest BCUT2D eigenvalue weighted by Crippen LogP contribution is -2.38. The fourth-order valence-electron chi connectivity index (χ4n) is 3.73. The van der Waals surface area contributed by atoms with Gasteiger partial charge in [-0.25, -0.2) is 9.59 Å². The van der Waals surface area contributed by atoms with Crippen molar-refractivity contribution in [2.45, 2.75) is 53.9 Å². The van der Waals surface area contributed by atoms with Gasteiger partial charge < -0.3 is 9.47 Å². The van der Waals surface area contributed by atoms with Gasteiger partial charge in [-0.05, 0) is 44.4 Å². The number of imide groups is 1. The summed E-state index contributed by atoms with van der Waals surface area (Å²) >= 11 is 0. The summed E-state index contributed by atoms with van der Waals surface area (Å²) in [5, 5.41) is 5.10. The third-order valence-corrected chi connectivity index (χ3v) is 5.61. The van der Waals surface area contributed by atoms with Crippen LogP contribution in [0.25, 0.3) is 0 Å². The van der Waals surface area contributed by atoms with Gasteiger partial charge in [0.2, 0.25) is 0 Å². The molecule has 2 atom stereocenters. The van der Waals surface area contributed by atoms with Gasteiger partial charge >= 0.3 is 12.2 Å². The summed E-state index contributed by atoms with van der Waals surface area (Å²) in [5.74, 6) is 0.544. The topological polar surface area (TPSA) is 68.2 Å². The third-order valence-electron chi connectivity index (χ3n) is 5.61. The van der Waals surface area contributed by atoms with Crippen LogP contribution in [-0.2, 0) is 9.47 Å². The van der Waals surface area contributed by atoms with E-state index in [9.17, 15) is 9.59 Å². The van der Waals surface area contributed by atoms with Crippen molar-refractivity contribution in [2.75, 3.05) is 13.2 Å². The summed E-state index contributed by atoms with van der Waals surface area (Å²) in [4.78, 5) is 24.0. The molecule has 0 radical (unpaired) electrons. The monoisotopic (exact) mass is 310 g/mol. The van der Waals surface area contributed by atoms with Crippen LogP contribution in [-0.4, -0.2) is 36.1 Å². The molecule has 2 saturated carbocycles. The van der Waals surface area contributed by atoms with E-state index in [1.807, 2.05) is 0 Å². The van der Waals surface area contributed by atoms with Crippen molar-refractivity contribution in [1.82, 2.24) is 5.01 Å². The zero-order chi connectivity index (χ0) is 16.5. The van der Waals surface area contributed by atoms with Crippen molar-refractivity contribution in [3.8, 4) is 0 Å². The van der Waals surface area contributed by atoms with Crippen molar-refractivity contribution in [1.29, 1.82) is 0 Å². The summed E-state index contributed by atoms with van der Waals surface area (Å²) in [6, 6.07) is 0. The second kappa shape index (κ2) is 5.89. The van der Waals surface area contributed by atoms with Crippen LogP contribution in [0.2, 0.25) is 0 Å². The predicted octanol–water partition coefficient (Wildman–Crippen LogP) is 3.80. The van der Waals surface area contributed by atoms with Gasteiger partial charge in [0.25, 0.3) is 0 Å². The van der Waals surface area contributed by atoms with Crippen LogP contribution in [0.3, 0.4) is 0 Å². The smallest absolute Gasteiger partial charge is 0.440 e. The molecule has 2 unspecified atom stereocenters. The number of carbonyl (C=O) groups is 2. The largest absolute Gasteiger partial charge is 0.448 e. The summed E-state index contributed by atoms with van der Waals surface area (Å²) in [5.41, 5.74) is 0.935. The fourth-order valence-corrected chi connectivity index (χ4v) is 3.73. The first-order valence-corrected chi connectivity index (χ1v) is 7.99. The van der Waals surface area contributed by atoms with Crippen molar-refractivity contribution in [3.05, 3.63) is 0 Å². The Morgan fingerprint density at radius 3 is 2.09 bits per heavy atom. The van der Waals surface area contributed by atoms with Crippen LogP contribution in [0.5, 0.6) is 0 Å². The summed E-state index contributed by atoms with van der Waals surface area (Å²) in [6.07, 6.45) is 1.46. The number of hydrogen-bond acceptors (Lipinski definition) is 5. The number of amides is 2. The minimum Gasteiger partial charge on any atom is -0.448 e. The molecule has 0 N–H and O–H groups in total. The number of fused-ring (bicyclic) bond motifs is 2. The molecule has 2 amide bonds. The Morgan fingerprint density at radius 2 is 1.73 bits per heavy atom. The zero-order valence-corrected chi connectivity index (χ0v) is 14.1. The lowest BCUT2D eigenvalue weighted by molar-refractivity contribution is 0.0816. The normalized spacial score (nSPS) is 30.4.